The number of alkyl halides is 3. The lowest BCUT2D eigenvalue weighted by atomic mass is 9.87. The van der Waals surface area contributed by atoms with Gasteiger partial charge in [-0.15, -0.1) is 0 Å². The number of fused-ring (bicyclic) bond motifs is 1. The van der Waals surface area contributed by atoms with Crippen LogP contribution in [0.1, 0.15) is 69.3 Å². The second kappa shape index (κ2) is 11.9. The molecule has 3 aromatic rings. The molecule has 0 saturated heterocycles. The molecule has 2 aromatic heterocycles. The fraction of sp³-hybridized carbons (Fsp3) is 0.433. The number of carbonyl (C=O) groups excluding carboxylic acids is 1. The molecule has 0 amide bonds. The van der Waals surface area contributed by atoms with Crippen molar-refractivity contribution in [1.82, 2.24) is 9.38 Å². The number of nitrogens with zero attached hydrogens (tertiary/aromatic N) is 3. The van der Waals surface area contributed by atoms with E-state index in [1.165, 1.54) is 20.1 Å². The molecule has 0 radical (unpaired) electrons. The molecule has 2 atom stereocenters. The molecule has 0 spiro atoms. The van der Waals surface area contributed by atoms with Gasteiger partial charge in [-0.25, -0.2) is 13.8 Å². The molecular weight excluding hydrogens is 507 g/mol. The zero-order valence-corrected chi connectivity index (χ0v) is 22.9. The molecule has 3 rings (SSSR count). The average Bonchev–Trinajstić information content (AvgIpc) is 3.34. The van der Waals surface area contributed by atoms with Gasteiger partial charge < -0.3 is 9.47 Å². The van der Waals surface area contributed by atoms with Crippen molar-refractivity contribution in [1.29, 1.82) is 5.26 Å². The van der Waals surface area contributed by atoms with Gasteiger partial charge in [-0.05, 0) is 62.1 Å². The van der Waals surface area contributed by atoms with Crippen LogP contribution in [-0.2, 0) is 5.41 Å². The van der Waals surface area contributed by atoms with Crippen molar-refractivity contribution in [2.24, 2.45) is 5.92 Å². The molecule has 0 bridgehead atoms. The summed E-state index contributed by atoms with van der Waals surface area (Å²) in [6, 6.07) is 9.07. The summed E-state index contributed by atoms with van der Waals surface area (Å²) in [6.45, 7) is 10.2. The number of ether oxygens (including phenoxy) is 2. The maximum Gasteiger partial charge on any atom is 0.257 e. The van der Waals surface area contributed by atoms with E-state index in [-0.39, 0.29) is 48.7 Å². The fourth-order valence-electron chi connectivity index (χ4n) is 4.24. The van der Waals surface area contributed by atoms with Gasteiger partial charge in [0.25, 0.3) is 6.36 Å². The number of rotatable bonds is 13. The number of pyridine rings is 1. The SMILES string of the molecule is C=CC(F)Oc1cc(-c2cnc3cc(C(C)(C)C#N)ccn23)cc(OC)c1C(=O)CC(C)CCC(F)(F)CC. The number of methoxy groups -OCH3 is 1. The zero-order chi connectivity index (χ0) is 29.0. The number of ketones is 1. The van der Waals surface area contributed by atoms with Gasteiger partial charge in [0.2, 0.25) is 5.92 Å². The number of carbonyl (C=O) groups is 1. The Morgan fingerprint density at radius 2 is 1.97 bits per heavy atom. The first-order valence-corrected chi connectivity index (χ1v) is 12.8. The highest BCUT2D eigenvalue weighted by Gasteiger charge is 2.29. The highest BCUT2D eigenvalue weighted by molar-refractivity contribution is 6.02. The third-order valence-corrected chi connectivity index (χ3v) is 6.85. The second-order valence-corrected chi connectivity index (χ2v) is 10.3. The van der Waals surface area contributed by atoms with E-state index >= 15 is 0 Å². The lowest BCUT2D eigenvalue weighted by molar-refractivity contribution is -0.0166. The first-order chi connectivity index (χ1) is 18.4. The molecule has 208 valence electrons. The number of halogens is 3. The van der Waals surface area contributed by atoms with Gasteiger partial charge in [-0.3, -0.25) is 9.20 Å². The van der Waals surface area contributed by atoms with E-state index in [1.807, 2.05) is 26.0 Å². The third-order valence-electron chi connectivity index (χ3n) is 6.85. The number of aromatic nitrogens is 2. The standard InChI is InChI=1S/C30H34F3N3O3/c1-7-26(31)39-25-15-20(22-17-35-27-16-21(10-12-36(22)27)29(4,5)18-34)14-24(38-6)28(25)23(37)13-19(3)9-11-30(32,33)8-2/h7,10,12,14-17,19,26H,1,8-9,11,13H2,2-6H3. The Balaban J connectivity index is 2.03. The summed E-state index contributed by atoms with van der Waals surface area (Å²) in [5.74, 6) is -3.41. The van der Waals surface area contributed by atoms with Gasteiger partial charge in [0.05, 0.1) is 30.5 Å². The van der Waals surface area contributed by atoms with Crippen molar-refractivity contribution in [2.75, 3.05) is 7.11 Å². The van der Waals surface area contributed by atoms with Crippen LogP contribution >= 0.6 is 0 Å². The first-order valence-electron chi connectivity index (χ1n) is 12.8. The number of hydrogen-bond donors (Lipinski definition) is 0. The third kappa shape index (κ3) is 6.80. The molecule has 39 heavy (non-hydrogen) atoms. The van der Waals surface area contributed by atoms with Crippen molar-refractivity contribution >= 4 is 11.4 Å². The van der Waals surface area contributed by atoms with Gasteiger partial charge in [0, 0.05) is 31.0 Å². The molecule has 2 unspecified atom stereocenters. The monoisotopic (exact) mass is 541 g/mol. The minimum absolute atomic E-state index is 0.0340. The molecule has 0 saturated carbocycles. The topological polar surface area (TPSA) is 76.6 Å². The largest absolute Gasteiger partial charge is 0.496 e. The van der Waals surface area contributed by atoms with E-state index < -0.39 is 23.5 Å². The van der Waals surface area contributed by atoms with Crippen LogP contribution in [0.5, 0.6) is 11.5 Å². The van der Waals surface area contributed by atoms with Crippen molar-refractivity contribution in [2.45, 2.75) is 71.1 Å². The Kier molecular flexibility index (Phi) is 9.10. The van der Waals surface area contributed by atoms with Crippen LogP contribution in [0.3, 0.4) is 0 Å². The molecule has 0 N–H and O–H groups in total. The molecule has 0 aliphatic heterocycles. The summed E-state index contributed by atoms with van der Waals surface area (Å²) in [5.41, 5.74) is 1.90. The maximum absolute atomic E-state index is 14.3. The first kappa shape index (κ1) is 29.8. The predicted octanol–water partition coefficient (Wildman–Crippen LogP) is 7.71. The number of hydrogen-bond acceptors (Lipinski definition) is 5. The van der Waals surface area contributed by atoms with Gasteiger partial charge >= 0.3 is 0 Å². The Bertz CT molecular complexity index is 1390. The Hall–Kier alpha value is -3.80. The lowest BCUT2D eigenvalue weighted by Gasteiger charge is -2.20. The summed E-state index contributed by atoms with van der Waals surface area (Å²) in [4.78, 5) is 17.8. The summed E-state index contributed by atoms with van der Waals surface area (Å²) in [5, 5.41) is 9.48. The van der Waals surface area contributed by atoms with Gasteiger partial charge in [-0.2, -0.15) is 9.65 Å². The minimum Gasteiger partial charge on any atom is -0.496 e. The Labute approximate surface area is 227 Å². The molecule has 0 aliphatic rings. The summed E-state index contributed by atoms with van der Waals surface area (Å²) in [6.07, 6.45) is 2.01. The molecule has 2 heterocycles. The maximum atomic E-state index is 14.3. The Morgan fingerprint density at radius 1 is 1.28 bits per heavy atom. The van der Waals surface area contributed by atoms with Crippen LogP contribution in [0, 0.1) is 17.2 Å². The predicted molar refractivity (Wildman–Crippen MR) is 144 cm³/mol. The van der Waals surface area contributed by atoms with Crippen LogP contribution in [0.4, 0.5) is 13.2 Å². The smallest absolute Gasteiger partial charge is 0.257 e. The molecule has 1 aromatic carbocycles. The van der Waals surface area contributed by atoms with Gasteiger partial charge in [0.15, 0.2) is 5.78 Å². The molecule has 0 aliphatic carbocycles. The van der Waals surface area contributed by atoms with Gasteiger partial charge in [-0.1, -0.05) is 20.4 Å². The Morgan fingerprint density at radius 3 is 2.59 bits per heavy atom. The van der Waals surface area contributed by atoms with E-state index in [4.69, 9.17) is 9.47 Å². The highest BCUT2D eigenvalue weighted by Crippen LogP contribution is 2.38. The zero-order valence-electron chi connectivity index (χ0n) is 22.9. The molecular formula is C30H34F3N3O3. The summed E-state index contributed by atoms with van der Waals surface area (Å²) >= 11 is 0. The highest BCUT2D eigenvalue weighted by atomic mass is 19.3. The number of imidazole rings is 1. The van der Waals surface area contributed by atoms with E-state index in [9.17, 15) is 23.2 Å². The van der Waals surface area contributed by atoms with E-state index in [0.29, 0.717) is 16.9 Å². The number of Topliss-reactive ketones (excluding diaryl/α,β-unsaturated/α-hetero) is 1. The molecule has 0 fully saturated rings. The van der Waals surface area contributed by atoms with E-state index in [1.54, 1.807) is 29.8 Å². The van der Waals surface area contributed by atoms with Crippen LogP contribution in [-0.4, -0.2) is 34.6 Å². The van der Waals surface area contributed by atoms with Crippen LogP contribution in [0.25, 0.3) is 16.9 Å². The van der Waals surface area contributed by atoms with Crippen LogP contribution in [0.15, 0.2) is 49.3 Å². The number of nitriles is 1. The van der Waals surface area contributed by atoms with E-state index in [0.717, 1.165) is 11.6 Å². The lowest BCUT2D eigenvalue weighted by Crippen LogP contribution is -2.17. The van der Waals surface area contributed by atoms with Crippen LogP contribution < -0.4 is 9.47 Å². The average molecular weight is 542 g/mol. The second-order valence-electron chi connectivity index (χ2n) is 10.3. The van der Waals surface area contributed by atoms with Crippen molar-refractivity contribution in [3.8, 4) is 28.8 Å². The summed E-state index contributed by atoms with van der Waals surface area (Å²) in [7, 11) is 1.38. The molecule has 9 heteroatoms. The van der Waals surface area contributed by atoms with Crippen molar-refractivity contribution in [3.63, 3.8) is 0 Å². The fourth-order valence-corrected chi connectivity index (χ4v) is 4.24. The van der Waals surface area contributed by atoms with Crippen molar-refractivity contribution < 1.29 is 27.4 Å². The molecule has 6 nitrogen and oxygen atoms in total. The normalized spacial score (nSPS) is 13.5. The minimum atomic E-state index is -2.78. The summed E-state index contributed by atoms with van der Waals surface area (Å²) < 4.78 is 54.6. The van der Waals surface area contributed by atoms with Crippen molar-refractivity contribution in [3.05, 3.63) is 60.4 Å². The van der Waals surface area contributed by atoms with Crippen LogP contribution in [0.2, 0.25) is 0 Å². The van der Waals surface area contributed by atoms with Gasteiger partial charge in [0.1, 0.15) is 22.7 Å². The quantitative estimate of drug-likeness (QED) is 0.164. The van der Waals surface area contributed by atoms with E-state index in [2.05, 4.69) is 17.6 Å². The number of benzene rings is 1.